The number of nitriles is 1. The van der Waals surface area contributed by atoms with E-state index in [4.69, 9.17) is 0 Å². The number of nitrogens with one attached hydrogen (secondary N) is 1. The standard InChI is InChI=1S/C17H18N2S/c18-13-17(14-5-2-1-3-6-14)11-15(12-17)19-9-8-16-7-4-10-20-16/h1-7,10,15,19H,8-9,11-12H2. The zero-order valence-electron chi connectivity index (χ0n) is 11.4. The minimum absolute atomic E-state index is 0.262. The molecule has 0 bridgehead atoms. The van der Waals surface area contributed by atoms with Crippen molar-refractivity contribution < 1.29 is 0 Å². The molecule has 1 N–H and O–H groups in total. The molecule has 102 valence electrons. The summed E-state index contributed by atoms with van der Waals surface area (Å²) < 4.78 is 0. The summed E-state index contributed by atoms with van der Waals surface area (Å²) >= 11 is 1.81. The molecule has 0 amide bonds. The van der Waals surface area contributed by atoms with E-state index in [2.05, 4.69) is 41.0 Å². The van der Waals surface area contributed by atoms with Crippen LogP contribution in [0.5, 0.6) is 0 Å². The van der Waals surface area contributed by atoms with Gasteiger partial charge in [0.25, 0.3) is 0 Å². The summed E-state index contributed by atoms with van der Waals surface area (Å²) in [6.45, 7) is 1.00. The average Bonchev–Trinajstić information content (AvgIpc) is 2.96. The molecule has 1 fully saturated rings. The normalized spacial score (nSPS) is 24.9. The van der Waals surface area contributed by atoms with Gasteiger partial charge in [-0.1, -0.05) is 36.4 Å². The van der Waals surface area contributed by atoms with Crippen molar-refractivity contribution in [1.29, 1.82) is 5.26 Å². The summed E-state index contributed by atoms with van der Waals surface area (Å²) in [5.74, 6) is 0. The predicted molar refractivity (Wildman–Crippen MR) is 82.8 cm³/mol. The summed E-state index contributed by atoms with van der Waals surface area (Å²) in [5.41, 5.74) is 0.904. The van der Waals surface area contributed by atoms with Crippen molar-refractivity contribution in [1.82, 2.24) is 5.32 Å². The number of benzene rings is 1. The third-order valence-electron chi connectivity index (χ3n) is 4.11. The molecular formula is C17H18N2S. The second kappa shape index (κ2) is 5.78. The van der Waals surface area contributed by atoms with Gasteiger partial charge < -0.3 is 5.32 Å². The average molecular weight is 282 g/mol. The zero-order chi connectivity index (χ0) is 13.8. The molecule has 0 aliphatic heterocycles. The summed E-state index contributed by atoms with van der Waals surface area (Å²) in [4.78, 5) is 1.42. The Morgan fingerprint density at radius 3 is 2.65 bits per heavy atom. The Morgan fingerprint density at radius 2 is 2.00 bits per heavy atom. The van der Waals surface area contributed by atoms with Crippen molar-refractivity contribution in [3.8, 4) is 6.07 Å². The van der Waals surface area contributed by atoms with Gasteiger partial charge in [0.1, 0.15) is 0 Å². The number of thiophene rings is 1. The SMILES string of the molecule is N#CC1(c2ccccc2)CC(NCCc2cccs2)C1. The van der Waals surface area contributed by atoms with Crippen LogP contribution in [0, 0.1) is 11.3 Å². The minimum atomic E-state index is -0.262. The highest BCUT2D eigenvalue weighted by Crippen LogP contribution is 2.43. The van der Waals surface area contributed by atoms with E-state index in [0.717, 1.165) is 25.8 Å². The molecule has 0 atom stereocenters. The molecule has 0 saturated heterocycles. The molecule has 1 saturated carbocycles. The van der Waals surface area contributed by atoms with Gasteiger partial charge in [-0.2, -0.15) is 5.26 Å². The maximum atomic E-state index is 9.51. The molecule has 1 aromatic heterocycles. The fraction of sp³-hybridized carbons (Fsp3) is 0.353. The van der Waals surface area contributed by atoms with Crippen molar-refractivity contribution in [2.75, 3.05) is 6.54 Å². The van der Waals surface area contributed by atoms with Crippen molar-refractivity contribution in [2.24, 2.45) is 0 Å². The molecule has 1 heterocycles. The molecule has 20 heavy (non-hydrogen) atoms. The van der Waals surface area contributed by atoms with E-state index in [1.165, 1.54) is 10.4 Å². The first-order valence-electron chi connectivity index (χ1n) is 7.05. The van der Waals surface area contributed by atoms with E-state index in [0.29, 0.717) is 6.04 Å². The third kappa shape index (κ3) is 2.63. The van der Waals surface area contributed by atoms with E-state index < -0.39 is 0 Å². The van der Waals surface area contributed by atoms with Crippen LogP contribution in [-0.2, 0) is 11.8 Å². The van der Waals surface area contributed by atoms with E-state index >= 15 is 0 Å². The molecule has 3 rings (SSSR count). The fourth-order valence-corrected chi connectivity index (χ4v) is 3.64. The molecule has 0 radical (unpaired) electrons. The van der Waals surface area contributed by atoms with Gasteiger partial charge in [-0.25, -0.2) is 0 Å². The molecule has 1 aliphatic carbocycles. The van der Waals surface area contributed by atoms with E-state index in [1.807, 2.05) is 29.5 Å². The Kier molecular flexibility index (Phi) is 3.86. The van der Waals surface area contributed by atoms with E-state index in [-0.39, 0.29) is 5.41 Å². The molecular weight excluding hydrogens is 264 g/mol. The van der Waals surface area contributed by atoms with Crippen LogP contribution in [0.2, 0.25) is 0 Å². The maximum absolute atomic E-state index is 9.51. The Morgan fingerprint density at radius 1 is 1.20 bits per heavy atom. The van der Waals surface area contributed by atoms with Gasteiger partial charge in [0.05, 0.1) is 11.5 Å². The fourth-order valence-electron chi connectivity index (χ4n) is 2.93. The van der Waals surface area contributed by atoms with Gasteiger partial charge in [-0.15, -0.1) is 11.3 Å². The molecule has 2 aromatic rings. The van der Waals surface area contributed by atoms with Crippen LogP contribution >= 0.6 is 11.3 Å². The highest BCUT2D eigenvalue weighted by molar-refractivity contribution is 7.09. The van der Waals surface area contributed by atoms with Crippen LogP contribution in [-0.4, -0.2) is 12.6 Å². The lowest BCUT2D eigenvalue weighted by atomic mass is 9.62. The maximum Gasteiger partial charge on any atom is 0.0852 e. The van der Waals surface area contributed by atoms with Crippen molar-refractivity contribution in [2.45, 2.75) is 30.7 Å². The summed E-state index contributed by atoms with van der Waals surface area (Å²) in [6.07, 6.45) is 2.94. The first-order chi connectivity index (χ1) is 9.82. The van der Waals surface area contributed by atoms with Gasteiger partial charge in [-0.05, 0) is 36.3 Å². The topological polar surface area (TPSA) is 35.8 Å². The quantitative estimate of drug-likeness (QED) is 0.911. The summed E-state index contributed by atoms with van der Waals surface area (Å²) in [6, 6.07) is 17.5. The molecule has 3 heteroatoms. The van der Waals surface area contributed by atoms with E-state index in [1.54, 1.807) is 0 Å². The lowest BCUT2D eigenvalue weighted by molar-refractivity contribution is 0.228. The largest absolute Gasteiger partial charge is 0.313 e. The van der Waals surface area contributed by atoms with Crippen LogP contribution in [0.15, 0.2) is 47.8 Å². The summed E-state index contributed by atoms with van der Waals surface area (Å²) in [7, 11) is 0. The Bertz CT molecular complexity index is 577. The van der Waals surface area contributed by atoms with E-state index in [9.17, 15) is 5.26 Å². The Hall–Kier alpha value is -1.63. The number of hydrogen-bond acceptors (Lipinski definition) is 3. The Balaban J connectivity index is 1.51. The third-order valence-corrected chi connectivity index (χ3v) is 5.05. The van der Waals surface area contributed by atoms with Crippen LogP contribution in [0.25, 0.3) is 0 Å². The zero-order valence-corrected chi connectivity index (χ0v) is 12.2. The number of nitrogens with zero attached hydrogens (tertiary/aromatic N) is 1. The van der Waals surface area contributed by atoms with Gasteiger partial charge in [-0.3, -0.25) is 0 Å². The van der Waals surface area contributed by atoms with Crippen LogP contribution in [0.1, 0.15) is 23.3 Å². The first-order valence-corrected chi connectivity index (χ1v) is 7.93. The molecule has 2 nitrogen and oxygen atoms in total. The van der Waals surface area contributed by atoms with Crippen LogP contribution in [0.4, 0.5) is 0 Å². The predicted octanol–water partition coefficient (Wildman–Crippen LogP) is 3.50. The molecule has 1 aromatic carbocycles. The van der Waals surface area contributed by atoms with Gasteiger partial charge >= 0.3 is 0 Å². The Labute approximate surface area is 124 Å². The molecule has 0 unspecified atom stereocenters. The number of hydrogen-bond donors (Lipinski definition) is 1. The number of rotatable bonds is 5. The van der Waals surface area contributed by atoms with Gasteiger partial charge in [0.2, 0.25) is 0 Å². The van der Waals surface area contributed by atoms with Crippen molar-refractivity contribution in [3.63, 3.8) is 0 Å². The van der Waals surface area contributed by atoms with Crippen LogP contribution < -0.4 is 5.32 Å². The second-order valence-corrected chi connectivity index (χ2v) is 6.48. The second-order valence-electron chi connectivity index (χ2n) is 5.45. The highest BCUT2D eigenvalue weighted by Gasteiger charge is 2.45. The van der Waals surface area contributed by atoms with Crippen molar-refractivity contribution in [3.05, 3.63) is 58.3 Å². The lowest BCUT2D eigenvalue weighted by Gasteiger charge is -2.43. The smallest absolute Gasteiger partial charge is 0.0852 e. The van der Waals surface area contributed by atoms with Crippen LogP contribution in [0.3, 0.4) is 0 Å². The summed E-state index contributed by atoms with van der Waals surface area (Å²) in [5, 5.41) is 15.2. The molecule has 1 aliphatic rings. The van der Waals surface area contributed by atoms with Gasteiger partial charge in [0.15, 0.2) is 0 Å². The highest BCUT2D eigenvalue weighted by atomic mass is 32.1. The first kappa shape index (κ1) is 13.4. The monoisotopic (exact) mass is 282 g/mol. The lowest BCUT2D eigenvalue weighted by Crippen LogP contribution is -2.51. The minimum Gasteiger partial charge on any atom is -0.313 e. The molecule has 0 spiro atoms. The van der Waals surface area contributed by atoms with Gasteiger partial charge in [0, 0.05) is 17.5 Å². The van der Waals surface area contributed by atoms with Crippen molar-refractivity contribution >= 4 is 11.3 Å².